The second kappa shape index (κ2) is 2.80. The van der Waals surface area contributed by atoms with Crippen LogP contribution >= 0.6 is 8.58 Å². The van der Waals surface area contributed by atoms with Gasteiger partial charge >= 0.3 is 0 Å². The van der Waals surface area contributed by atoms with Gasteiger partial charge in [-0.05, 0) is 13.1 Å². The van der Waals surface area contributed by atoms with Gasteiger partial charge in [-0.1, -0.05) is 21.9 Å². The third-order valence-corrected chi connectivity index (χ3v) is 3.10. The van der Waals surface area contributed by atoms with Crippen molar-refractivity contribution < 1.29 is 4.74 Å². The molecule has 3 atom stereocenters. The highest BCUT2D eigenvalue weighted by Gasteiger charge is 2.32. The van der Waals surface area contributed by atoms with Crippen molar-refractivity contribution in [2.45, 2.75) is 32.2 Å². The summed E-state index contributed by atoms with van der Waals surface area (Å²) < 4.78 is 5.23. The minimum absolute atomic E-state index is 0.583. The van der Waals surface area contributed by atoms with E-state index in [-0.39, 0.29) is 0 Å². The molecule has 0 bridgehead atoms. The maximum atomic E-state index is 5.23. The maximum Gasteiger partial charge on any atom is 0.0999 e. The fourth-order valence-corrected chi connectivity index (χ4v) is 1.90. The molecule has 0 aromatic rings. The summed E-state index contributed by atoms with van der Waals surface area (Å²) in [5, 5.41) is 0. The molecule has 0 amide bonds. The van der Waals surface area contributed by atoms with Gasteiger partial charge < -0.3 is 4.74 Å². The SMILES string of the molecule is CCCPC1OC1C. The van der Waals surface area contributed by atoms with E-state index in [2.05, 4.69) is 13.8 Å². The predicted molar refractivity (Wildman–Crippen MR) is 37.8 cm³/mol. The molecule has 1 aliphatic rings. The highest BCUT2D eigenvalue weighted by atomic mass is 31.1. The van der Waals surface area contributed by atoms with E-state index in [1.54, 1.807) is 0 Å². The molecule has 2 heteroatoms. The smallest absolute Gasteiger partial charge is 0.0999 e. The third kappa shape index (κ3) is 1.72. The average molecular weight is 132 g/mol. The Hall–Kier alpha value is 0.390. The molecule has 8 heavy (non-hydrogen) atoms. The second-order valence-electron chi connectivity index (χ2n) is 2.22. The highest BCUT2D eigenvalue weighted by Crippen LogP contribution is 2.37. The molecule has 0 aromatic heterocycles. The summed E-state index contributed by atoms with van der Waals surface area (Å²) in [6, 6.07) is 0. The van der Waals surface area contributed by atoms with E-state index < -0.39 is 0 Å². The van der Waals surface area contributed by atoms with Crippen molar-refractivity contribution in [1.82, 2.24) is 0 Å². The first-order valence-corrected chi connectivity index (χ1v) is 4.52. The number of hydrogen-bond acceptors (Lipinski definition) is 1. The Morgan fingerprint density at radius 1 is 1.62 bits per heavy atom. The highest BCUT2D eigenvalue weighted by molar-refractivity contribution is 7.39. The zero-order valence-electron chi connectivity index (χ0n) is 5.48. The molecule has 1 rings (SSSR count). The van der Waals surface area contributed by atoms with Gasteiger partial charge in [-0.25, -0.2) is 0 Å². The topological polar surface area (TPSA) is 12.5 Å². The van der Waals surface area contributed by atoms with E-state index in [0.29, 0.717) is 11.9 Å². The van der Waals surface area contributed by atoms with Crippen LogP contribution in [0.2, 0.25) is 0 Å². The lowest BCUT2D eigenvalue weighted by Crippen LogP contribution is -1.79. The van der Waals surface area contributed by atoms with Crippen molar-refractivity contribution in [3.63, 3.8) is 0 Å². The van der Waals surface area contributed by atoms with Gasteiger partial charge in [-0.2, -0.15) is 0 Å². The first-order valence-electron chi connectivity index (χ1n) is 3.23. The summed E-state index contributed by atoms with van der Waals surface area (Å²) in [6.07, 6.45) is 3.25. The summed E-state index contributed by atoms with van der Waals surface area (Å²) in [5.74, 6) is 0.648. The lowest BCUT2D eigenvalue weighted by molar-refractivity contribution is 0.412. The van der Waals surface area contributed by atoms with Gasteiger partial charge in [0.1, 0.15) is 0 Å². The zero-order chi connectivity index (χ0) is 5.98. The first kappa shape index (κ1) is 6.51. The van der Waals surface area contributed by atoms with Crippen molar-refractivity contribution in [1.29, 1.82) is 0 Å². The van der Waals surface area contributed by atoms with Crippen molar-refractivity contribution in [3.05, 3.63) is 0 Å². The fraction of sp³-hybridized carbons (Fsp3) is 1.00. The van der Waals surface area contributed by atoms with Crippen LogP contribution in [0.5, 0.6) is 0 Å². The molecule has 0 spiro atoms. The van der Waals surface area contributed by atoms with Crippen LogP contribution in [0.1, 0.15) is 20.3 Å². The Bertz CT molecular complexity index is 74.9. The fourth-order valence-electron chi connectivity index (χ4n) is 0.687. The maximum absolute atomic E-state index is 5.23. The number of epoxide rings is 1. The minimum atomic E-state index is 0.583. The average Bonchev–Trinajstić information content (AvgIpc) is 2.42. The van der Waals surface area contributed by atoms with Gasteiger partial charge in [0, 0.05) is 0 Å². The summed E-state index contributed by atoms with van der Waals surface area (Å²) in [7, 11) is 1.06. The van der Waals surface area contributed by atoms with Gasteiger partial charge in [0.2, 0.25) is 0 Å². The van der Waals surface area contributed by atoms with Gasteiger partial charge in [-0.3, -0.25) is 0 Å². The van der Waals surface area contributed by atoms with E-state index in [4.69, 9.17) is 4.74 Å². The standard InChI is InChI=1S/C6H13OP/c1-3-4-8-6-5(2)7-6/h5-6,8H,3-4H2,1-2H3. The molecule has 1 nitrogen and oxygen atoms in total. The Morgan fingerprint density at radius 2 is 2.25 bits per heavy atom. The van der Waals surface area contributed by atoms with Crippen LogP contribution in [0.3, 0.4) is 0 Å². The Morgan fingerprint density at radius 3 is 2.62 bits per heavy atom. The molecule has 1 heterocycles. The lowest BCUT2D eigenvalue weighted by Gasteiger charge is -1.88. The third-order valence-electron chi connectivity index (χ3n) is 1.31. The number of ether oxygens (including phenoxy) is 1. The van der Waals surface area contributed by atoms with Crippen LogP contribution in [0, 0.1) is 0 Å². The normalized spacial score (nSPS) is 36.8. The molecule has 0 N–H and O–H groups in total. The molecule has 3 unspecified atom stereocenters. The summed E-state index contributed by atoms with van der Waals surface area (Å²) in [5.41, 5.74) is 0. The molecule has 48 valence electrons. The Labute approximate surface area is 52.6 Å². The van der Waals surface area contributed by atoms with E-state index in [0.717, 1.165) is 8.58 Å². The number of hydrogen-bond donors (Lipinski definition) is 0. The molecule has 0 saturated carbocycles. The zero-order valence-corrected chi connectivity index (χ0v) is 6.48. The van der Waals surface area contributed by atoms with Crippen LogP contribution in [0.25, 0.3) is 0 Å². The van der Waals surface area contributed by atoms with Gasteiger partial charge in [0.25, 0.3) is 0 Å². The Kier molecular flexibility index (Phi) is 2.27. The van der Waals surface area contributed by atoms with Crippen LogP contribution < -0.4 is 0 Å². The first-order chi connectivity index (χ1) is 3.84. The van der Waals surface area contributed by atoms with Crippen LogP contribution in [0.15, 0.2) is 0 Å². The van der Waals surface area contributed by atoms with E-state index >= 15 is 0 Å². The molecular formula is C6H13OP. The molecule has 0 aromatic carbocycles. The second-order valence-corrected chi connectivity index (χ2v) is 3.69. The van der Waals surface area contributed by atoms with E-state index in [1.807, 2.05) is 0 Å². The molecule has 1 saturated heterocycles. The van der Waals surface area contributed by atoms with Crippen LogP contribution in [-0.4, -0.2) is 18.1 Å². The predicted octanol–water partition coefficient (Wildman–Crippen LogP) is 1.82. The monoisotopic (exact) mass is 132 g/mol. The molecule has 1 fully saturated rings. The largest absolute Gasteiger partial charge is 0.365 e. The molecule has 0 aliphatic carbocycles. The van der Waals surface area contributed by atoms with Crippen molar-refractivity contribution in [2.75, 3.05) is 6.16 Å². The molecule has 0 radical (unpaired) electrons. The summed E-state index contributed by atoms with van der Waals surface area (Å²) in [4.78, 5) is 0. The Balaban J connectivity index is 1.89. The van der Waals surface area contributed by atoms with E-state index in [1.165, 1.54) is 12.6 Å². The van der Waals surface area contributed by atoms with Gasteiger partial charge in [0.05, 0.1) is 11.9 Å². The van der Waals surface area contributed by atoms with Crippen molar-refractivity contribution >= 4 is 8.58 Å². The quantitative estimate of drug-likeness (QED) is 0.421. The van der Waals surface area contributed by atoms with Gasteiger partial charge in [-0.15, -0.1) is 0 Å². The minimum Gasteiger partial charge on any atom is -0.365 e. The van der Waals surface area contributed by atoms with Crippen LogP contribution in [0.4, 0.5) is 0 Å². The molecule has 1 aliphatic heterocycles. The lowest BCUT2D eigenvalue weighted by atomic mass is 10.6. The van der Waals surface area contributed by atoms with Gasteiger partial charge in [0.15, 0.2) is 0 Å². The van der Waals surface area contributed by atoms with E-state index in [9.17, 15) is 0 Å². The number of rotatable bonds is 3. The van der Waals surface area contributed by atoms with Crippen molar-refractivity contribution in [2.24, 2.45) is 0 Å². The summed E-state index contributed by atoms with van der Waals surface area (Å²) in [6.45, 7) is 4.37. The molecular weight excluding hydrogens is 119 g/mol. The van der Waals surface area contributed by atoms with Crippen molar-refractivity contribution in [3.8, 4) is 0 Å². The van der Waals surface area contributed by atoms with Crippen LogP contribution in [-0.2, 0) is 4.74 Å². The summed E-state index contributed by atoms with van der Waals surface area (Å²) >= 11 is 0.